The van der Waals surface area contributed by atoms with Crippen LogP contribution in [0.1, 0.15) is 18.5 Å². The van der Waals surface area contributed by atoms with Gasteiger partial charge in [-0.05, 0) is 53.9 Å². The molecule has 0 radical (unpaired) electrons. The summed E-state index contributed by atoms with van der Waals surface area (Å²) >= 11 is 3.65. The topological polar surface area (TPSA) is 53.9 Å². The van der Waals surface area contributed by atoms with Crippen molar-refractivity contribution >= 4 is 27.4 Å². The zero-order chi connectivity index (χ0) is 14.7. The van der Waals surface area contributed by atoms with Crippen LogP contribution in [0.4, 0.5) is 11.5 Å². The van der Waals surface area contributed by atoms with Crippen molar-refractivity contribution in [3.8, 4) is 0 Å². The van der Waals surface area contributed by atoms with Crippen molar-refractivity contribution in [1.82, 2.24) is 15.2 Å². The number of pyridine rings is 1. The van der Waals surface area contributed by atoms with Crippen LogP contribution in [0, 0.1) is 6.92 Å². The van der Waals surface area contributed by atoms with Crippen LogP contribution in [0.15, 0.2) is 35.1 Å². The molecule has 0 spiro atoms. The summed E-state index contributed by atoms with van der Waals surface area (Å²) in [6, 6.07) is 6.40. The highest BCUT2D eigenvalue weighted by atomic mass is 79.9. The molecule has 1 aliphatic heterocycles. The summed E-state index contributed by atoms with van der Waals surface area (Å²) in [5.41, 5.74) is 2.27. The van der Waals surface area contributed by atoms with Crippen LogP contribution in [-0.4, -0.2) is 34.3 Å². The molecule has 6 heteroatoms. The van der Waals surface area contributed by atoms with Gasteiger partial charge in [-0.2, -0.15) is 5.10 Å². The molecule has 5 nitrogen and oxygen atoms in total. The molecular weight excluding hydrogens is 330 g/mol. The molecular formula is C15H18BrN5. The maximum atomic E-state index is 4.30. The van der Waals surface area contributed by atoms with Crippen LogP contribution < -0.4 is 10.2 Å². The zero-order valence-corrected chi connectivity index (χ0v) is 13.5. The van der Waals surface area contributed by atoms with Crippen molar-refractivity contribution in [2.24, 2.45) is 0 Å². The second-order valence-corrected chi connectivity index (χ2v) is 6.04. The second kappa shape index (κ2) is 6.39. The molecule has 1 N–H and O–H groups in total. The van der Waals surface area contributed by atoms with Crippen LogP contribution in [-0.2, 0) is 0 Å². The molecule has 0 aliphatic carbocycles. The Labute approximate surface area is 132 Å². The molecule has 3 heterocycles. The van der Waals surface area contributed by atoms with Gasteiger partial charge in [0.25, 0.3) is 0 Å². The van der Waals surface area contributed by atoms with Crippen molar-refractivity contribution in [3.63, 3.8) is 0 Å². The van der Waals surface area contributed by atoms with E-state index in [0.29, 0.717) is 6.04 Å². The smallest absolute Gasteiger partial charge is 0.148 e. The minimum Gasteiger partial charge on any atom is -0.370 e. The first-order chi connectivity index (χ1) is 10.2. The molecule has 1 aliphatic rings. The number of halogens is 1. The van der Waals surface area contributed by atoms with E-state index in [0.717, 1.165) is 41.9 Å². The lowest BCUT2D eigenvalue weighted by molar-refractivity contribution is 0.524. The summed E-state index contributed by atoms with van der Waals surface area (Å²) in [7, 11) is 0. The predicted octanol–water partition coefficient (Wildman–Crippen LogP) is 3.02. The molecule has 0 atom stereocenters. The number of aryl methyl sites for hydroxylation is 1. The molecule has 0 unspecified atom stereocenters. The Morgan fingerprint density at radius 3 is 2.76 bits per heavy atom. The first kappa shape index (κ1) is 14.3. The molecule has 3 rings (SSSR count). The van der Waals surface area contributed by atoms with Crippen molar-refractivity contribution in [3.05, 3.63) is 40.8 Å². The SMILES string of the molecule is Cc1nccc(N2CCC(Nc3cccnn3)CC2)c1Br. The normalized spacial score (nSPS) is 16.0. The Balaban J connectivity index is 1.61. The van der Waals surface area contributed by atoms with E-state index in [-0.39, 0.29) is 0 Å². The summed E-state index contributed by atoms with van der Waals surface area (Å²) < 4.78 is 1.10. The van der Waals surface area contributed by atoms with Crippen LogP contribution in [0.2, 0.25) is 0 Å². The number of piperidine rings is 1. The average Bonchev–Trinajstić information content (AvgIpc) is 2.52. The molecule has 0 aromatic carbocycles. The summed E-state index contributed by atoms with van der Waals surface area (Å²) in [4.78, 5) is 6.71. The number of rotatable bonds is 3. The molecule has 1 fully saturated rings. The van der Waals surface area contributed by atoms with Gasteiger partial charge in [-0.15, -0.1) is 5.10 Å². The first-order valence-electron chi connectivity index (χ1n) is 7.14. The Bertz CT molecular complexity index is 596. The third-order valence-corrected chi connectivity index (χ3v) is 4.78. The number of aromatic nitrogens is 3. The quantitative estimate of drug-likeness (QED) is 0.924. The van der Waals surface area contributed by atoms with E-state index in [9.17, 15) is 0 Å². The Hall–Kier alpha value is -1.69. The van der Waals surface area contributed by atoms with E-state index in [4.69, 9.17) is 0 Å². The van der Waals surface area contributed by atoms with Crippen LogP contribution in [0.3, 0.4) is 0 Å². The number of anilines is 2. The average molecular weight is 348 g/mol. The standard InChI is InChI=1S/C15H18BrN5/c1-11-15(16)13(4-8-17-11)21-9-5-12(6-10-21)19-14-3-2-7-18-20-14/h2-4,7-8,12H,5-6,9-10H2,1H3,(H,19,20). The van der Waals surface area contributed by atoms with E-state index in [1.165, 1.54) is 5.69 Å². The van der Waals surface area contributed by atoms with Gasteiger partial charge in [-0.1, -0.05) is 0 Å². The molecule has 0 bridgehead atoms. The lowest BCUT2D eigenvalue weighted by Gasteiger charge is -2.34. The zero-order valence-electron chi connectivity index (χ0n) is 12.0. The van der Waals surface area contributed by atoms with Crippen molar-refractivity contribution in [1.29, 1.82) is 0 Å². The van der Waals surface area contributed by atoms with Crippen molar-refractivity contribution in [2.75, 3.05) is 23.3 Å². The highest BCUT2D eigenvalue weighted by molar-refractivity contribution is 9.10. The first-order valence-corrected chi connectivity index (χ1v) is 7.93. The largest absolute Gasteiger partial charge is 0.370 e. The molecule has 0 saturated carbocycles. The van der Waals surface area contributed by atoms with E-state index in [1.54, 1.807) is 6.20 Å². The van der Waals surface area contributed by atoms with Crippen LogP contribution in [0.5, 0.6) is 0 Å². The van der Waals surface area contributed by atoms with Gasteiger partial charge in [-0.3, -0.25) is 4.98 Å². The van der Waals surface area contributed by atoms with E-state index < -0.39 is 0 Å². The Morgan fingerprint density at radius 1 is 1.24 bits per heavy atom. The van der Waals surface area contributed by atoms with Crippen LogP contribution in [0.25, 0.3) is 0 Å². The maximum absolute atomic E-state index is 4.30. The molecule has 21 heavy (non-hydrogen) atoms. The monoisotopic (exact) mass is 347 g/mol. The maximum Gasteiger partial charge on any atom is 0.148 e. The fourth-order valence-corrected chi connectivity index (χ4v) is 3.12. The number of nitrogens with zero attached hydrogens (tertiary/aromatic N) is 4. The molecule has 2 aromatic heterocycles. The van der Waals surface area contributed by atoms with Gasteiger partial charge in [0.05, 0.1) is 15.9 Å². The molecule has 1 saturated heterocycles. The van der Waals surface area contributed by atoms with Gasteiger partial charge >= 0.3 is 0 Å². The lowest BCUT2D eigenvalue weighted by Crippen LogP contribution is -2.39. The lowest BCUT2D eigenvalue weighted by atomic mass is 10.0. The number of hydrogen-bond acceptors (Lipinski definition) is 5. The van der Waals surface area contributed by atoms with Gasteiger partial charge in [0.1, 0.15) is 5.82 Å². The van der Waals surface area contributed by atoms with Crippen LogP contribution >= 0.6 is 15.9 Å². The van der Waals surface area contributed by atoms with E-state index in [1.807, 2.05) is 25.3 Å². The van der Waals surface area contributed by atoms with E-state index in [2.05, 4.69) is 47.4 Å². The summed E-state index contributed by atoms with van der Waals surface area (Å²) in [5.74, 6) is 0.858. The van der Waals surface area contributed by atoms with Gasteiger partial charge in [0.15, 0.2) is 0 Å². The highest BCUT2D eigenvalue weighted by Gasteiger charge is 2.21. The van der Waals surface area contributed by atoms with Gasteiger partial charge in [0, 0.05) is 31.5 Å². The Kier molecular flexibility index (Phi) is 4.34. The number of nitrogens with one attached hydrogen (secondary N) is 1. The predicted molar refractivity (Wildman–Crippen MR) is 87.6 cm³/mol. The number of hydrogen-bond donors (Lipinski definition) is 1. The van der Waals surface area contributed by atoms with Crippen molar-refractivity contribution in [2.45, 2.75) is 25.8 Å². The summed E-state index contributed by atoms with van der Waals surface area (Å²) in [5, 5.41) is 11.4. The van der Waals surface area contributed by atoms with E-state index >= 15 is 0 Å². The van der Waals surface area contributed by atoms with Gasteiger partial charge < -0.3 is 10.2 Å². The fraction of sp³-hybridized carbons (Fsp3) is 0.400. The molecule has 2 aromatic rings. The van der Waals surface area contributed by atoms with Gasteiger partial charge in [-0.25, -0.2) is 0 Å². The minimum atomic E-state index is 0.458. The summed E-state index contributed by atoms with van der Waals surface area (Å²) in [6.07, 6.45) is 5.74. The minimum absolute atomic E-state index is 0.458. The fourth-order valence-electron chi connectivity index (χ4n) is 2.63. The highest BCUT2D eigenvalue weighted by Crippen LogP contribution is 2.30. The molecule has 110 valence electrons. The third-order valence-electron chi connectivity index (χ3n) is 3.80. The molecule has 0 amide bonds. The summed E-state index contributed by atoms with van der Waals surface area (Å²) in [6.45, 7) is 4.08. The van der Waals surface area contributed by atoms with Crippen molar-refractivity contribution < 1.29 is 0 Å². The second-order valence-electron chi connectivity index (χ2n) is 5.24. The van der Waals surface area contributed by atoms with Gasteiger partial charge in [0.2, 0.25) is 0 Å². The Morgan fingerprint density at radius 2 is 2.05 bits per heavy atom. The third kappa shape index (κ3) is 3.32.